The number of para-hydroxylation sites is 4. The molecule has 1 aromatic heterocycles. The highest BCUT2D eigenvalue weighted by atomic mass is 32.3. The first-order valence-electron chi connectivity index (χ1n) is 22.6. The molecule has 5 heteroatoms. The van der Waals surface area contributed by atoms with Crippen molar-refractivity contribution in [1.82, 2.24) is 4.98 Å². The van der Waals surface area contributed by atoms with Crippen molar-refractivity contribution in [2.45, 2.75) is 57.1 Å². The molecular weight excluding hydrogens is 839 g/mol. The Balaban J connectivity index is 0.000000553. The normalized spacial score (nSPS) is 12.6. The van der Waals surface area contributed by atoms with E-state index in [4.69, 9.17) is 4.98 Å². The van der Waals surface area contributed by atoms with E-state index in [0.717, 1.165) is 50.1 Å². The molecule has 1 aliphatic rings. The van der Waals surface area contributed by atoms with E-state index >= 15 is 0 Å². The van der Waals surface area contributed by atoms with Crippen molar-refractivity contribution in [3.8, 4) is 0 Å². The van der Waals surface area contributed by atoms with Crippen LogP contribution in [0.4, 0.5) is 34.4 Å². The lowest BCUT2D eigenvalue weighted by Crippen LogP contribution is -2.23. The standard InChI is InChI=1S/C52H39N3S2.C7H8.C2H6/c1-38-21-11-14-30-44(38)54(45-31-15-18-34-48(45)56-40-23-5-2-6-24-40)51-37-39-22-12-13-29-43(39)52(53-51)55-46-32-16-19-35-49(46)57(41-25-7-3-8-26-41,42-27-9-4-10-28-42)50-36-20-17-33-47(50)55;1-7-5-3-2-4-6-7;1-2/h2-37H,1H3;2-6H,1H3;1-2H3. The molecule has 0 saturated heterocycles. The number of benzene rings is 9. The van der Waals surface area contributed by atoms with Crippen molar-refractivity contribution >= 4 is 66.9 Å². The molecule has 0 spiro atoms. The first-order chi connectivity index (χ1) is 32.6. The van der Waals surface area contributed by atoms with Crippen LogP contribution in [-0.2, 0) is 0 Å². The molecule has 0 fully saturated rings. The average molecular weight is 892 g/mol. The number of aryl methyl sites for hydroxylation is 2. The summed E-state index contributed by atoms with van der Waals surface area (Å²) in [7, 11) is -1.90. The third kappa shape index (κ3) is 8.52. The van der Waals surface area contributed by atoms with Gasteiger partial charge in [0.15, 0.2) is 0 Å². The van der Waals surface area contributed by atoms with Gasteiger partial charge < -0.3 is 0 Å². The molecule has 0 radical (unpaired) electrons. The zero-order chi connectivity index (χ0) is 45.3. The number of hydrogen-bond acceptors (Lipinski definition) is 4. The molecule has 1 aliphatic heterocycles. The van der Waals surface area contributed by atoms with Gasteiger partial charge in [-0.3, -0.25) is 9.80 Å². The lowest BCUT2D eigenvalue weighted by molar-refractivity contribution is 1.08. The quantitative estimate of drug-likeness (QED) is 0.151. The molecule has 2 heterocycles. The SMILES string of the molecule is CC.Cc1ccccc1.Cc1ccccc1N(c1cc2ccccc2c(N2c3ccccc3S(c3ccccc3)(c3ccccc3)c3ccccc32)n1)c1ccccc1Sc1ccccc1. The highest BCUT2D eigenvalue weighted by Gasteiger charge is 2.43. The van der Waals surface area contributed by atoms with E-state index in [1.807, 2.05) is 32.0 Å². The fourth-order valence-corrected chi connectivity index (χ4v) is 13.8. The minimum Gasteiger partial charge on any atom is -0.294 e. The van der Waals surface area contributed by atoms with Crippen molar-refractivity contribution < 1.29 is 0 Å². The maximum absolute atomic E-state index is 5.81. The summed E-state index contributed by atoms with van der Waals surface area (Å²) in [6.45, 7) is 8.27. The van der Waals surface area contributed by atoms with Gasteiger partial charge in [-0.2, -0.15) is 0 Å². The molecule has 0 N–H and O–H groups in total. The Morgan fingerprint density at radius 2 is 0.924 bits per heavy atom. The Morgan fingerprint density at radius 1 is 0.455 bits per heavy atom. The van der Waals surface area contributed by atoms with Crippen molar-refractivity contribution in [3.63, 3.8) is 0 Å². The van der Waals surface area contributed by atoms with Gasteiger partial charge in [0.1, 0.15) is 11.6 Å². The topological polar surface area (TPSA) is 19.4 Å². The summed E-state index contributed by atoms with van der Waals surface area (Å²) in [6.07, 6.45) is 0. The molecule has 3 nitrogen and oxygen atoms in total. The maximum Gasteiger partial charge on any atom is 0.148 e. The Hall–Kier alpha value is -7.31. The van der Waals surface area contributed by atoms with Crippen LogP contribution in [0.25, 0.3) is 10.8 Å². The van der Waals surface area contributed by atoms with Gasteiger partial charge in [0.2, 0.25) is 0 Å². The van der Waals surface area contributed by atoms with Crippen LogP contribution in [0.1, 0.15) is 25.0 Å². The number of pyridine rings is 1. The fraction of sp³-hybridized carbons (Fsp3) is 0.0656. The van der Waals surface area contributed by atoms with Crippen molar-refractivity contribution in [1.29, 1.82) is 0 Å². The number of aromatic nitrogens is 1. The maximum atomic E-state index is 5.81. The van der Waals surface area contributed by atoms with Gasteiger partial charge in [-0.15, -0.1) is 10.0 Å². The van der Waals surface area contributed by atoms with Crippen molar-refractivity contribution in [3.05, 3.63) is 260 Å². The van der Waals surface area contributed by atoms with Gasteiger partial charge in [-0.05, 0) is 110 Å². The lowest BCUT2D eigenvalue weighted by atomic mass is 10.1. The van der Waals surface area contributed by atoms with Crippen LogP contribution >= 0.6 is 21.8 Å². The van der Waals surface area contributed by atoms with Crippen LogP contribution in [0.3, 0.4) is 0 Å². The summed E-state index contributed by atoms with van der Waals surface area (Å²) < 4.78 is 0. The molecular formula is C61H53N3S2. The minimum absolute atomic E-state index is 0.851. The van der Waals surface area contributed by atoms with E-state index in [1.54, 1.807) is 11.8 Å². The van der Waals surface area contributed by atoms with Crippen LogP contribution in [-0.4, -0.2) is 4.98 Å². The Morgan fingerprint density at radius 3 is 1.50 bits per heavy atom. The van der Waals surface area contributed by atoms with Crippen LogP contribution < -0.4 is 9.80 Å². The van der Waals surface area contributed by atoms with E-state index < -0.39 is 10.0 Å². The highest BCUT2D eigenvalue weighted by molar-refractivity contribution is 8.34. The third-order valence-electron chi connectivity index (χ3n) is 11.6. The minimum atomic E-state index is -1.90. The molecule has 0 unspecified atom stereocenters. The monoisotopic (exact) mass is 891 g/mol. The zero-order valence-corrected chi connectivity index (χ0v) is 39.5. The molecule has 0 atom stereocenters. The van der Waals surface area contributed by atoms with Crippen LogP contribution in [0.15, 0.2) is 278 Å². The van der Waals surface area contributed by atoms with Crippen LogP contribution in [0, 0.1) is 13.8 Å². The van der Waals surface area contributed by atoms with Crippen LogP contribution in [0.5, 0.6) is 0 Å². The predicted octanol–water partition coefficient (Wildman–Crippen LogP) is 18.3. The van der Waals surface area contributed by atoms with E-state index in [2.05, 4.69) is 254 Å². The summed E-state index contributed by atoms with van der Waals surface area (Å²) in [5.74, 6) is 1.74. The van der Waals surface area contributed by atoms with Gasteiger partial charge in [0.05, 0.1) is 22.7 Å². The largest absolute Gasteiger partial charge is 0.294 e. The number of fused-ring (bicyclic) bond motifs is 3. The number of hydrogen-bond donors (Lipinski definition) is 0. The molecule has 0 amide bonds. The summed E-state index contributed by atoms with van der Waals surface area (Å²) in [6, 6.07) is 89.3. The van der Waals surface area contributed by atoms with Crippen LogP contribution in [0.2, 0.25) is 0 Å². The van der Waals surface area contributed by atoms with E-state index in [1.165, 1.54) is 35.6 Å². The molecule has 0 aliphatic carbocycles. The summed E-state index contributed by atoms with van der Waals surface area (Å²) in [5, 5.41) is 2.21. The Bertz CT molecular complexity index is 3090. The molecule has 0 bridgehead atoms. The first-order valence-corrected chi connectivity index (χ1v) is 25.1. The predicted molar refractivity (Wildman–Crippen MR) is 282 cm³/mol. The molecule has 10 aromatic rings. The third-order valence-corrected chi connectivity index (χ3v) is 16.6. The zero-order valence-electron chi connectivity index (χ0n) is 37.8. The van der Waals surface area contributed by atoms with Gasteiger partial charge in [0, 0.05) is 34.8 Å². The smallest absolute Gasteiger partial charge is 0.148 e. The second-order valence-corrected chi connectivity index (χ2v) is 19.9. The summed E-state index contributed by atoms with van der Waals surface area (Å²) in [4.78, 5) is 18.1. The molecule has 9 aromatic carbocycles. The second kappa shape index (κ2) is 20.2. The number of nitrogens with zero attached hydrogens (tertiary/aromatic N) is 3. The average Bonchev–Trinajstić information content (AvgIpc) is 3.38. The second-order valence-electron chi connectivity index (χ2n) is 15.7. The Kier molecular flexibility index (Phi) is 13.5. The van der Waals surface area contributed by atoms with E-state index in [0.29, 0.717) is 0 Å². The van der Waals surface area contributed by atoms with Crippen molar-refractivity contribution in [2.75, 3.05) is 9.80 Å². The van der Waals surface area contributed by atoms with E-state index in [-0.39, 0.29) is 0 Å². The molecule has 0 saturated carbocycles. The van der Waals surface area contributed by atoms with Gasteiger partial charge >= 0.3 is 0 Å². The lowest BCUT2D eigenvalue weighted by Gasteiger charge is -2.49. The summed E-state index contributed by atoms with van der Waals surface area (Å²) >= 11 is 1.77. The highest BCUT2D eigenvalue weighted by Crippen LogP contribution is 2.79. The van der Waals surface area contributed by atoms with Gasteiger partial charge in [-0.1, -0.05) is 195 Å². The van der Waals surface area contributed by atoms with Gasteiger partial charge in [0.25, 0.3) is 0 Å². The first kappa shape index (κ1) is 43.9. The molecule has 324 valence electrons. The van der Waals surface area contributed by atoms with Crippen molar-refractivity contribution in [2.24, 2.45) is 0 Å². The number of anilines is 6. The summed E-state index contributed by atoms with van der Waals surface area (Å²) in [5.41, 5.74) is 6.92. The van der Waals surface area contributed by atoms with Gasteiger partial charge in [-0.25, -0.2) is 4.98 Å². The fourth-order valence-electron chi connectivity index (χ4n) is 8.69. The Labute approximate surface area is 396 Å². The molecule has 66 heavy (non-hydrogen) atoms. The number of rotatable bonds is 8. The molecule has 11 rings (SSSR count). The van der Waals surface area contributed by atoms with E-state index in [9.17, 15) is 0 Å².